The summed E-state index contributed by atoms with van der Waals surface area (Å²) in [6, 6.07) is 11.6. The van der Waals surface area contributed by atoms with E-state index >= 15 is 0 Å². The van der Waals surface area contributed by atoms with Gasteiger partial charge in [-0.25, -0.2) is 0 Å². The number of aliphatic imine (C=N–C) groups is 1. The summed E-state index contributed by atoms with van der Waals surface area (Å²) in [6.45, 7) is 3.98. The molecule has 0 saturated heterocycles. The fourth-order valence-corrected chi connectivity index (χ4v) is 2.92. The molecule has 0 aliphatic carbocycles. The molecule has 0 fully saturated rings. The van der Waals surface area contributed by atoms with Gasteiger partial charge in [-0.2, -0.15) is 0 Å². The van der Waals surface area contributed by atoms with Crippen molar-refractivity contribution >= 4 is 23.5 Å². The Bertz CT molecular complexity index is 753. The highest BCUT2D eigenvalue weighted by molar-refractivity contribution is 6.30. The number of aryl methyl sites for hydroxylation is 1. The molecular formula is C19H20ClN3O. The summed E-state index contributed by atoms with van der Waals surface area (Å²) in [4.78, 5) is 11.1. The van der Waals surface area contributed by atoms with Crippen molar-refractivity contribution in [3.05, 3.63) is 70.5 Å². The number of pyridine rings is 1. The van der Waals surface area contributed by atoms with Crippen LogP contribution in [-0.4, -0.2) is 33.9 Å². The summed E-state index contributed by atoms with van der Waals surface area (Å²) in [5, 5.41) is 10.4. The molecular weight excluding hydrogens is 322 g/mol. The fourth-order valence-electron chi connectivity index (χ4n) is 2.80. The van der Waals surface area contributed by atoms with Crippen molar-refractivity contribution in [2.75, 3.05) is 6.61 Å². The minimum atomic E-state index is -0.212. The molecule has 1 unspecified atom stereocenters. The van der Waals surface area contributed by atoms with Gasteiger partial charge in [0.15, 0.2) is 0 Å². The normalized spacial score (nSPS) is 18.4. The van der Waals surface area contributed by atoms with Gasteiger partial charge in [0.05, 0.1) is 12.6 Å². The molecule has 24 heavy (non-hydrogen) atoms. The van der Waals surface area contributed by atoms with E-state index in [-0.39, 0.29) is 18.8 Å². The Kier molecular flexibility index (Phi) is 4.97. The van der Waals surface area contributed by atoms with Crippen molar-refractivity contribution in [1.82, 2.24) is 9.88 Å². The van der Waals surface area contributed by atoms with Crippen LogP contribution in [0, 0.1) is 6.92 Å². The van der Waals surface area contributed by atoms with Crippen LogP contribution in [-0.2, 0) is 0 Å². The Hall–Kier alpha value is -2.17. The van der Waals surface area contributed by atoms with Gasteiger partial charge in [0, 0.05) is 34.4 Å². The van der Waals surface area contributed by atoms with Gasteiger partial charge in [0.1, 0.15) is 6.17 Å². The van der Waals surface area contributed by atoms with Crippen molar-refractivity contribution in [3.63, 3.8) is 0 Å². The molecule has 0 amide bonds. The summed E-state index contributed by atoms with van der Waals surface area (Å²) in [7, 11) is 0. The first-order valence-electron chi connectivity index (χ1n) is 7.91. The highest BCUT2D eigenvalue weighted by Crippen LogP contribution is 2.35. The number of aromatic nitrogens is 1. The quantitative estimate of drug-likeness (QED) is 0.918. The summed E-state index contributed by atoms with van der Waals surface area (Å²) < 4.78 is 0. The number of aliphatic hydroxyl groups is 1. The van der Waals surface area contributed by atoms with E-state index in [9.17, 15) is 5.11 Å². The number of nitrogens with zero attached hydrogens (tertiary/aromatic N) is 3. The van der Waals surface area contributed by atoms with Crippen molar-refractivity contribution < 1.29 is 5.11 Å². The molecule has 0 spiro atoms. The monoisotopic (exact) mass is 341 g/mol. The third-order valence-corrected chi connectivity index (χ3v) is 4.36. The second-order valence-corrected chi connectivity index (χ2v) is 6.34. The van der Waals surface area contributed by atoms with Gasteiger partial charge >= 0.3 is 0 Å². The zero-order valence-electron chi connectivity index (χ0n) is 13.7. The zero-order valence-corrected chi connectivity index (χ0v) is 14.5. The van der Waals surface area contributed by atoms with Crippen LogP contribution in [0.3, 0.4) is 0 Å². The third-order valence-electron chi connectivity index (χ3n) is 4.11. The molecule has 0 saturated carbocycles. The molecule has 4 nitrogen and oxygen atoms in total. The third kappa shape index (κ3) is 3.35. The molecule has 0 radical (unpaired) electrons. The first-order valence-corrected chi connectivity index (χ1v) is 8.29. The molecule has 2 heterocycles. The van der Waals surface area contributed by atoms with Gasteiger partial charge in [-0.15, -0.1) is 0 Å². The molecule has 1 aliphatic rings. The van der Waals surface area contributed by atoms with E-state index in [1.54, 1.807) is 0 Å². The largest absolute Gasteiger partial charge is 0.394 e. The van der Waals surface area contributed by atoms with Crippen LogP contribution in [0.25, 0.3) is 5.70 Å². The molecule has 2 atom stereocenters. The molecule has 0 bridgehead atoms. The number of allylic oxidation sites excluding steroid dienone is 1. The minimum absolute atomic E-state index is 0.0379. The van der Waals surface area contributed by atoms with Gasteiger partial charge in [0.2, 0.25) is 0 Å². The molecule has 1 N–H and O–H groups in total. The van der Waals surface area contributed by atoms with Crippen molar-refractivity contribution in [1.29, 1.82) is 0 Å². The first kappa shape index (κ1) is 16.7. The smallest absolute Gasteiger partial charge is 0.148 e. The predicted molar refractivity (Wildman–Crippen MR) is 98.0 cm³/mol. The number of halogens is 1. The lowest BCUT2D eigenvalue weighted by Crippen LogP contribution is -2.38. The van der Waals surface area contributed by atoms with E-state index < -0.39 is 0 Å². The molecule has 124 valence electrons. The summed E-state index contributed by atoms with van der Waals surface area (Å²) in [5.74, 6) is 0. The number of hydrogen-bond acceptors (Lipinski definition) is 4. The van der Waals surface area contributed by atoms with Crippen molar-refractivity contribution in [3.8, 4) is 0 Å². The summed E-state index contributed by atoms with van der Waals surface area (Å²) >= 11 is 6.01. The Morgan fingerprint density at radius 1 is 1.21 bits per heavy atom. The number of benzene rings is 1. The number of hydrogen-bond donors (Lipinski definition) is 1. The predicted octanol–water partition coefficient (Wildman–Crippen LogP) is 3.85. The topological polar surface area (TPSA) is 48.7 Å². The molecule has 3 rings (SSSR count). The molecule has 1 aliphatic heterocycles. The standard InChI is InChI=1S/C19H20ClN3O/c1-13-3-4-16(11-22-13)19-21-10-9-18(23(19)14(2)12-24)15-5-7-17(20)8-6-15/h3-11,14,19,24H,12H2,1-2H3/t14-,19?/m0/s1. The first-order chi connectivity index (χ1) is 11.6. The molecule has 1 aromatic heterocycles. The van der Waals surface area contributed by atoms with Gasteiger partial charge < -0.3 is 10.0 Å². The van der Waals surface area contributed by atoms with Crippen molar-refractivity contribution in [2.24, 2.45) is 4.99 Å². The Morgan fingerprint density at radius 3 is 2.58 bits per heavy atom. The van der Waals surface area contributed by atoms with Gasteiger partial charge in [-0.1, -0.05) is 29.8 Å². The highest BCUT2D eigenvalue weighted by atomic mass is 35.5. The van der Waals surface area contributed by atoms with E-state index in [4.69, 9.17) is 11.6 Å². The number of aliphatic hydroxyl groups excluding tert-OH is 1. The van der Waals surface area contributed by atoms with Crippen LogP contribution in [0.1, 0.15) is 29.9 Å². The van der Waals surface area contributed by atoms with Crippen LogP contribution < -0.4 is 0 Å². The molecule has 1 aromatic carbocycles. The number of rotatable bonds is 4. The van der Waals surface area contributed by atoms with Crippen LogP contribution in [0.5, 0.6) is 0 Å². The maximum Gasteiger partial charge on any atom is 0.148 e. The van der Waals surface area contributed by atoms with E-state index in [1.165, 1.54) is 0 Å². The van der Waals surface area contributed by atoms with E-state index in [0.717, 1.165) is 22.5 Å². The maximum atomic E-state index is 9.75. The van der Waals surface area contributed by atoms with Gasteiger partial charge in [0.25, 0.3) is 0 Å². The minimum Gasteiger partial charge on any atom is -0.394 e. The Labute approximate surface area is 147 Å². The average Bonchev–Trinajstić information content (AvgIpc) is 2.62. The lowest BCUT2D eigenvalue weighted by Gasteiger charge is -2.39. The summed E-state index contributed by atoms with van der Waals surface area (Å²) in [6.07, 6.45) is 5.41. The maximum absolute atomic E-state index is 9.75. The van der Waals surface area contributed by atoms with E-state index in [2.05, 4.69) is 14.9 Å². The van der Waals surface area contributed by atoms with Crippen LogP contribution in [0.4, 0.5) is 0 Å². The van der Waals surface area contributed by atoms with E-state index in [0.29, 0.717) is 5.02 Å². The second kappa shape index (κ2) is 7.16. The van der Waals surface area contributed by atoms with E-state index in [1.807, 2.05) is 68.7 Å². The summed E-state index contributed by atoms with van der Waals surface area (Å²) in [5.41, 5.74) is 4.01. The van der Waals surface area contributed by atoms with Gasteiger partial charge in [-0.3, -0.25) is 9.98 Å². The van der Waals surface area contributed by atoms with Crippen molar-refractivity contribution in [2.45, 2.75) is 26.1 Å². The van der Waals surface area contributed by atoms with Crippen LogP contribution in [0.15, 0.2) is 53.7 Å². The average molecular weight is 342 g/mol. The van der Waals surface area contributed by atoms with Crippen LogP contribution >= 0.6 is 11.6 Å². The molecule has 5 heteroatoms. The lowest BCUT2D eigenvalue weighted by atomic mass is 10.0. The SMILES string of the molecule is Cc1ccc(C2N=CC=C(c3ccc(Cl)cc3)N2[C@@H](C)CO)cn1. The highest BCUT2D eigenvalue weighted by Gasteiger charge is 2.28. The molecule has 2 aromatic rings. The Morgan fingerprint density at radius 2 is 1.96 bits per heavy atom. The van der Waals surface area contributed by atoms with Gasteiger partial charge in [-0.05, 0) is 43.7 Å². The Balaban J connectivity index is 2.02. The second-order valence-electron chi connectivity index (χ2n) is 5.90. The lowest BCUT2D eigenvalue weighted by molar-refractivity contribution is 0.152. The van der Waals surface area contributed by atoms with Crippen LogP contribution in [0.2, 0.25) is 5.02 Å². The zero-order chi connectivity index (χ0) is 17.1. The fraction of sp³-hybridized carbons (Fsp3) is 0.263.